The van der Waals surface area contributed by atoms with Crippen LogP contribution in [0, 0.1) is 0 Å². The van der Waals surface area contributed by atoms with Gasteiger partial charge in [0.2, 0.25) is 0 Å². The average molecular weight is 494 g/mol. The molecule has 0 radical (unpaired) electrons. The first-order chi connectivity index (χ1) is 15.4. The number of halogens is 3. The molecular formula is C23H19Cl3N2O4. The van der Waals surface area contributed by atoms with E-state index in [0.717, 1.165) is 5.56 Å². The van der Waals surface area contributed by atoms with Crippen LogP contribution in [0.3, 0.4) is 0 Å². The minimum Gasteiger partial charge on any atom is -0.493 e. The maximum Gasteiger partial charge on any atom is 0.277 e. The van der Waals surface area contributed by atoms with E-state index >= 15 is 0 Å². The third kappa shape index (κ3) is 7.05. The Kier molecular flexibility index (Phi) is 8.62. The van der Waals surface area contributed by atoms with Crippen LogP contribution in [0.1, 0.15) is 11.1 Å². The van der Waals surface area contributed by atoms with Crippen molar-refractivity contribution in [3.63, 3.8) is 0 Å². The summed E-state index contributed by atoms with van der Waals surface area (Å²) in [4.78, 5) is 11.9. The lowest BCUT2D eigenvalue weighted by Crippen LogP contribution is -2.24. The quantitative estimate of drug-likeness (QED) is 0.304. The summed E-state index contributed by atoms with van der Waals surface area (Å²) in [6, 6.07) is 17.4. The maximum absolute atomic E-state index is 11.9. The van der Waals surface area contributed by atoms with Crippen molar-refractivity contribution < 1.29 is 19.0 Å². The molecule has 0 bridgehead atoms. The van der Waals surface area contributed by atoms with Crippen molar-refractivity contribution in [1.29, 1.82) is 0 Å². The third-order valence-corrected chi connectivity index (χ3v) is 4.93. The summed E-state index contributed by atoms with van der Waals surface area (Å²) < 4.78 is 16.6. The number of ether oxygens (including phenoxy) is 3. The highest BCUT2D eigenvalue weighted by atomic mass is 35.5. The van der Waals surface area contributed by atoms with Gasteiger partial charge in [0.25, 0.3) is 5.91 Å². The molecule has 0 spiro atoms. The van der Waals surface area contributed by atoms with E-state index in [9.17, 15) is 4.79 Å². The molecule has 6 nitrogen and oxygen atoms in total. The van der Waals surface area contributed by atoms with Crippen LogP contribution in [-0.4, -0.2) is 25.8 Å². The van der Waals surface area contributed by atoms with Crippen molar-refractivity contribution in [3.8, 4) is 17.2 Å². The van der Waals surface area contributed by atoms with Crippen LogP contribution in [0.15, 0.2) is 65.8 Å². The van der Waals surface area contributed by atoms with Gasteiger partial charge in [0.15, 0.2) is 18.1 Å². The van der Waals surface area contributed by atoms with E-state index in [1.165, 1.54) is 12.3 Å². The second kappa shape index (κ2) is 11.6. The summed E-state index contributed by atoms with van der Waals surface area (Å²) in [5, 5.41) is 5.40. The monoisotopic (exact) mass is 492 g/mol. The van der Waals surface area contributed by atoms with Crippen LogP contribution in [-0.2, 0) is 11.4 Å². The highest BCUT2D eigenvalue weighted by molar-refractivity contribution is 6.35. The Hall–Kier alpha value is -2.93. The number of amides is 1. The van der Waals surface area contributed by atoms with Crippen molar-refractivity contribution in [1.82, 2.24) is 5.43 Å². The number of nitrogens with one attached hydrogen (secondary N) is 1. The Labute approximate surface area is 200 Å². The SMILES string of the molecule is COc1cc(C=NNC(=O)COc2ccc(Cl)cc2Cl)ccc1OCc1ccc(Cl)cc1. The van der Waals surface area contributed by atoms with E-state index in [-0.39, 0.29) is 6.61 Å². The number of rotatable bonds is 9. The Morgan fingerprint density at radius 3 is 2.34 bits per heavy atom. The molecule has 166 valence electrons. The van der Waals surface area contributed by atoms with Gasteiger partial charge < -0.3 is 14.2 Å². The molecule has 3 rings (SSSR count). The van der Waals surface area contributed by atoms with Gasteiger partial charge in [-0.1, -0.05) is 46.9 Å². The number of methoxy groups -OCH3 is 1. The van der Waals surface area contributed by atoms with Crippen molar-refractivity contribution in [2.45, 2.75) is 6.61 Å². The zero-order valence-corrected chi connectivity index (χ0v) is 19.2. The molecule has 0 aliphatic heterocycles. The predicted molar refractivity (Wildman–Crippen MR) is 126 cm³/mol. The third-order valence-electron chi connectivity index (χ3n) is 4.15. The van der Waals surface area contributed by atoms with Gasteiger partial charge in [-0.25, -0.2) is 5.43 Å². The van der Waals surface area contributed by atoms with Crippen molar-refractivity contribution in [2.75, 3.05) is 13.7 Å². The molecule has 0 atom stereocenters. The molecule has 0 saturated heterocycles. The summed E-state index contributed by atoms with van der Waals surface area (Å²) in [6.07, 6.45) is 1.48. The molecule has 0 fully saturated rings. The van der Waals surface area contributed by atoms with Crippen molar-refractivity contribution in [3.05, 3.63) is 86.9 Å². The summed E-state index contributed by atoms with van der Waals surface area (Å²) >= 11 is 17.7. The van der Waals surface area contributed by atoms with Gasteiger partial charge in [-0.15, -0.1) is 0 Å². The summed E-state index contributed by atoms with van der Waals surface area (Å²) in [7, 11) is 1.55. The molecule has 0 aliphatic carbocycles. The van der Waals surface area contributed by atoms with E-state index < -0.39 is 5.91 Å². The zero-order valence-electron chi connectivity index (χ0n) is 17.0. The number of nitrogens with zero attached hydrogens (tertiary/aromatic N) is 1. The predicted octanol–water partition coefficient (Wildman–Crippen LogP) is 5.76. The summed E-state index contributed by atoms with van der Waals surface area (Å²) in [6.45, 7) is 0.119. The minimum absolute atomic E-state index is 0.251. The molecule has 0 aliphatic rings. The standard InChI is InChI=1S/C23H19Cl3N2O4/c1-30-22-10-16(4-8-21(22)31-13-15-2-5-17(24)6-3-15)12-27-28-23(29)14-32-20-9-7-18(25)11-19(20)26/h2-12H,13-14H2,1H3,(H,28,29). The number of hydrogen-bond acceptors (Lipinski definition) is 5. The normalized spacial score (nSPS) is 10.8. The Balaban J connectivity index is 1.52. The van der Waals surface area contributed by atoms with Crippen LogP contribution in [0.2, 0.25) is 15.1 Å². The highest BCUT2D eigenvalue weighted by Crippen LogP contribution is 2.29. The number of hydrazone groups is 1. The average Bonchev–Trinajstić information content (AvgIpc) is 2.78. The molecule has 32 heavy (non-hydrogen) atoms. The van der Waals surface area contributed by atoms with E-state index in [0.29, 0.717) is 44.5 Å². The molecule has 3 aromatic rings. The van der Waals surface area contributed by atoms with Gasteiger partial charge in [-0.05, 0) is 59.7 Å². The van der Waals surface area contributed by atoms with Crippen LogP contribution in [0.4, 0.5) is 0 Å². The number of hydrogen-bond donors (Lipinski definition) is 1. The molecule has 0 heterocycles. The second-order valence-electron chi connectivity index (χ2n) is 6.48. The highest BCUT2D eigenvalue weighted by Gasteiger charge is 2.07. The molecule has 1 amide bonds. The molecule has 0 unspecified atom stereocenters. The molecule has 1 N–H and O–H groups in total. The molecule has 0 aromatic heterocycles. The largest absolute Gasteiger partial charge is 0.493 e. The zero-order chi connectivity index (χ0) is 22.9. The minimum atomic E-state index is -0.442. The second-order valence-corrected chi connectivity index (χ2v) is 7.76. The molecular weight excluding hydrogens is 475 g/mol. The Morgan fingerprint density at radius 1 is 0.906 bits per heavy atom. The molecule has 0 saturated carbocycles. The lowest BCUT2D eigenvalue weighted by atomic mass is 10.2. The number of benzene rings is 3. The van der Waals surface area contributed by atoms with Crippen LogP contribution < -0.4 is 19.6 Å². The van der Waals surface area contributed by atoms with Crippen LogP contribution in [0.25, 0.3) is 0 Å². The van der Waals surface area contributed by atoms with Crippen molar-refractivity contribution >= 4 is 46.9 Å². The summed E-state index contributed by atoms with van der Waals surface area (Å²) in [5.41, 5.74) is 4.08. The fourth-order valence-electron chi connectivity index (χ4n) is 2.57. The van der Waals surface area contributed by atoms with Gasteiger partial charge in [0.05, 0.1) is 18.3 Å². The fourth-order valence-corrected chi connectivity index (χ4v) is 3.16. The van der Waals surface area contributed by atoms with Crippen LogP contribution in [0.5, 0.6) is 17.2 Å². The molecule has 3 aromatic carbocycles. The lowest BCUT2D eigenvalue weighted by Gasteiger charge is -2.11. The van der Waals surface area contributed by atoms with E-state index in [1.54, 1.807) is 49.6 Å². The lowest BCUT2D eigenvalue weighted by molar-refractivity contribution is -0.123. The topological polar surface area (TPSA) is 69.2 Å². The molecule has 9 heteroatoms. The van der Waals surface area contributed by atoms with Gasteiger partial charge in [0, 0.05) is 10.0 Å². The van der Waals surface area contributed by atoms with Gasteiger partial charge in [-0.2, -0.15) is 5.10 Å². The van der Waals surface area contributed by atoms with Gasteiger partial charge in [0.1, 0.15) is 12.4 Å². The Bertz CT molecular complexity index is 1100. The first-order valence-corrected chi connectivity index (χ1v) is 10.5. The first-order valence-electron chi connectivity index (χ1n) is 9.39. The van der Waals surface area contributed by atoms with E-state index in [4.69, 9.17) is 49.0 Å². The van der Waals surface area contributed by atoms with Crippen molar-refractivity contribution in [2.24, 2.45) is 5.10 Å². The van der Waals surface area contributed by atoms with Crippen LogP contribution >= 0.6 is 34.8 Å². The Morgan fingerprint density at radius 2 is 1.62 bits per heavy atom. The van der Waals surface area contributed by atoms with Gasteiger partial charge >= 0.3 is 0 Å². The first kappa shape index (κ1) is 23.7. The maximum atomic E-state index is 11.9. The smallest absolute Gasteiger partial charge is 0.277 e. The number of carbonyl (C=O) groups is 1. The van der Waals surface area contributed by atoms with E-state index in [2.05, 4.69) is 10.5 Å². The van der Waals surface area contributed by atoms with E-state index in [1.807, 2.05) is 12.1 Å². The number of carbonyl (C=O) groups excluding carboxylic acids is 1. The van der Waals surface area contributed by atoms with Gasteiger partial charge in [-0.3, -0.25) is 4.79 Å². The fraction of sp³-hybridized carbons (Fsp3) is 0.130. The summed E-state index contributed by atoms with van der Waals surface area (Å²) in [5.74, 6) is 1.03.